The zero-order valence-corrected chi connectivity index (χ0v) is 17.5. The number of hydrogen-bond donors (Lipinski definition) is 1. The molecular weight excluding hydrogens is 390 g/mol. The average molecular weight is 412 g/mol. The molecular formula is C21H21N3O2S2. The van der Waals surface area contributed by atoms with Crippen molar-refractivity contribution in [3.05, 3.63) is 70.2 Å². The van der Waals surface area contributed by atoms with Gasteiger partial charge in [-0.05, 0) is 60.4 Å². The van der Waals surface area contributed by atoms with Gasteiger partial charge in [0, 0.05) is 17.1 Å². The molecule has 0 spiro atoms. The second-order valence-corrected chi connectivity index (χ2v) is 7.84. The summed E-state index contributed by atoms with van der Waals surface area (Å²) in [6.45, 7) is 2.13. The van der Waals surface area contributed by atoms with E-state index < -0.39 is 0 Å². The molecule has 1 aromatic carbocycles. The number of thiocarbonyl (C=S) groups is 1. The van der Waals surface area contributed by atoms with Crippen LogP contribution in [0.25, 0.3) is 0 Å². The number of ether oxygens (including phenoxy) is 2. The van der Waals surface area contributed by atoms with Crippen molar-refractivity contribution in [3.8, 4) is 11.5 Å². The summed E-state index contributed by atoms with van der Waals surface area (Å²) in [6, 6.07) is 13.7. The minimum absolute atomic E-state index is 0.0385. The Balaban J connectivity index is 1.88. The van der Waals surface area contributed by atoms with Gasteiger partial charge in [0.05, 0.1) is 37.7 Å². The van der Waals surface area contributed by atoms with Crippen molar-refractivity contribution in [3.63, 3.8) is 0 Å². The number of anilines is 1. The highest BCUT2D eigenvalue weighted by Crippen LogP contribution is 2.47. The van der Waals surface area contributed by atoms with Crippen LogP contribution in [0.15, 0.2) is 54.0 Å². The molecule has 1 saturated heterocycles. The number of benzene rings is 1. The molecule has 2 unspecified atom stereocenters. The van der Waals surface area contributed by atoms with Crippen LogP contribution in [0.2, 0.25) is 0 Å². The highest BCUT2D eigenvalue weighted by molar-refractivity contribution is 7.80. The van der Waals surface area contributed by atoms with E-state index in [1.807, 2.05) is 42.6 Å². The predicted molar refractivity (Wildman–Crippen MR) is 117 cm³/mol. The zero-order valence-electron chi connectivity index (χ0n) is 15.9. The van der Waals surface area contributed by atoms with Crippen molar-refractivity contribution in [1.29, 1.82) is 0 Å². The van der Waals surface area contributed by atoms with E-state index in [-0.39, 0.29) is 12.1 Å². The summed E-state index contributed by atoms with van der Waals surface area (Å²) in [4.78, 5) is 7.95. The molecule has 144 valence electrons. The first-order chi connectivity index (χ1) is 13.6. The lowest BCUT2D eigenvalue weighted by molar-refractivity contribution is 0.403. The zero-order chi connectivity index (χ0) is 19.7. The molecule has 1 aliphatic heterocycles. The van der Waals surface area contributed by atoms with Gasteiger partial charge in [0.2, 0.25) is 0 Å². The molecule has 3 aromatic rings. The molecule has 0 bridgehead atoms. The number of thiophene rings is 1. The van der Waals surface area contributed by atoms with Gasteiger partial charge in [0.15, 0.2) is 5.11 Å². The van der Waals surface area contributed by atoms with Gasteiger partial charge in [0.25, 0.3) is 0 Å². The Morgan fingerprint density at radius 2 is 2.00 bits per heavy atom. The monoisotopic (exact) mass is 411 g/mol. The summed E-state index contributed by atoms with van der Waals surface area (Å²) in [5.74, 6) is 1.49. The van der Waals surface area contributed by atoms with Crippen LogP contribution < -0.4 is 19.7 Å². The molecule has 3 heterocycles. The Morgan fingerprint density at radius 3 is 2.64 bits per heavy atom. The van der Waals surface area contributed by atoms with Crippen molar-refractivity contribution >= 4 is 34.4 Å². The summed E-state index contributed by atoms with van der Waals surface area (Å²) < 4.78 is 11.1. The van der Waals surface area contributed by atoms with Crippen LogP contribution in [-0.4, -0.2) is 24.3 Å². The number of pyridine rings is 1. The number of aryl methyl sites for hydroxylation is 1. The highest BCUT2D eigenvalue weighted by Gasteiger charge is 2.43. The van der Waals surface area contributed by atoms with E-state index in [9.17, 15) is 0 Å². The Hall–Kier alpha value is -2.64. The fourth-order valence-electron chi connectivity index (χ4n) is 3.55. The van der Waals surface area contributed by atoms with Gasteiger partial charge in [-0.2, -0.15) is 0 Å². The first kappa shape index (κ1) is 18.7. The van der Waals surface area contributed by atoms with E-state index in [4.69, 9.17) is 21.7 Å². The molecule has 7 heteroatoms. The Kier molecular flexibility index (Phi) is 5.19. The SMILES string of the molecule is COc1ccc(OC)c(N2C(=S)NC(c3ccccn3)C2c2sccc2C)c1. The van der Waals surface area contributed by atoms with E-state index in [1.54, 1.807) is 25.6 Å². The molecule has 1 N–H and O–H groups in total. The summed E-state index contributed by atoms with van der Waals surface area (Å²) in [6.07, 6.45) is 1.81. The first-order valence-corrected chi connectivity index (χ1v) is 10.2. The summed E-state index contributed by atoms with van der Waals surface area (Å²) in [5, 5.41) is 6.23. The van der Waals surface area contributed by atoms with Gasteiger partial charge < -0.3 is 19.7 Å². The third-order valence-electron chi connectivity index (χ3n) is 4.91. The molecule has 0 amide bonds. The molecule has 0 aliphatic carbocycles. The first-order valence-electron chi connectivity index (χ1n) is 8.90. The van der Waals surface area contributed by atoms with E-state index in [0.717, 1.165) is 22.9 Å². The average Bonchev–Trinajstić information content (AvgIpc) is 3.30. The number of methoxy groups -OCH3 is 2. The quantitative estimate of drug-likeness (QED) is 0.617. The number of aromatic nitrogens is 1. The maximum atomic E-state index is 5.78. The predicted octanol–water partition coefficient (Wildman–Crippen LogP) is 4.65. The molecule has 0 saturated carbocycles. The standard InChI is InChI=1S/C21H21N3O2S2/c1-13-9-11-28-20(13)19-18(15-6-4-5-10-22-15)23-21(27)24(19)16-12-14(25-2)7-8-17(16)26-3/h4-12,18-19H,1-3H3,(H,23,27). The third kappa shape index (κ3) is 3.21. The number of nitrogens with one attached hydrogen (secondary N) is 1. The van der Waals surface area contributed by atoms with Crippen LogP contribution in [0.5, 0.6) is 11.5 Å². The minimum Gasteiger partial charge on any atom is -0.497 e. The van der Waals surface area contributed by atoms with Gasteiger partial charge in [-0.3, -0.25) is 4.98 Å². The van der Waals surface area contributed by atoms with Crippen molar-refractivity contribution < 1.29 is 9.47 Å². The van der Waals surface area contributed by atoms with E-state index in [2.05, 4.69) is 33.6 Å². The molecule has 1 aliphatic rings. The van der Waals surface area contributed by atoms with E-state index >= 15 is 0 Å². The number of hydrogen-bond acceptors (Lipinski definition) is 5. The van der Waals surface area contributed by atoms with Gasteiger partial charge in [-0.1, -0.05) is 6.07 Å². The maximum Gasteiger partial charge on any atom is 0.174 e. The Bertz CT molecular complexity index is 990. The minimum atomic E-state index is -0.0676. The molecule has 0 radical (unpaired) electrons. The van der Waals surface area contributed by atoms with Crippen molar-refractivity contribution in [1.82, 2.24) is 10.3 Å². The van der Waals surface area contributed by atoms with Crippen LogP contribution >= 0.6 is 23.6 Å². The number of rotatable bonds is 5. The van der Waals surface area contributed by atoms with E-state index in [1.165, 1.54) is 10.4 Å². The molecule has 2 aromatic heterocycles. The number of nitrogens with zero attached hydrogens (tertiary/aromatic N) is 2. The lowest BCUT2D eigenvalue weighted by Gasteiger charge is -2.29. The van der Waals surface area contributed by atoms with Gasteiger partial charge in [0.1, 0.15) is 11.5 Å². The Morgan fingerprint density at radius 1 is 1.14 bits per heavy atom. The lowest BCUT2D eigenvalue weighted by atomic mass is 10.0. The molecule has 4 rings (SSSR count). The topological polar surface area (TPSA) is 46.6 Å². The molecule has 1 fully saturated rings. The van der Waals surface area contributed by atoms with Crippen LogP contribution in [0.1, 0.15) is 28.2 Å². The van der Waals surface area contributed by atoms with Gasteiger partial charge in [-0.25, -0.2) is 0 Å². The van der Waals surface area contributed by atoms with E-state index in [0.29, 0.717) is 5.11 Å². The fraction of sp³-hybridized carbons (Fsp3) is 0.238. The van der Waals surface area contributed by atoms with Crippen LogP contribution in [0.3, 0.4) is 0 Å². The summed E-state index contributed by atoms with van der Waals surface area (Å²) >= 11 is 7.50. The van der Waals surface area contributed by atoms with Gasteiger partial charge >= 0.3 is 0 Å². The summed E-state index contributed by atoms with van der Waals surface area (Å²) in [7, 11) is 3.32. The smallest absolute Gasteiger partial charge is 0.174 e. The van der Waals surface area contributed by atoms with Crippen LogP contribution in [-0.2, 0) is 0 Å². The normalized spacial score (nSPS) is 18.8. The molecule has 5 nitrogen and oxygen atoms in total. The second kappa shape index (κ2) is 7.77. The van der Waals surface area contributed by atoms with Crippen LogP contribution in [0, 0.1) is 6.92 Å². The second-order valence-electron chi connectivity index (χ2n) is 6.50. The third-order valence-corrected chi connectivity index (χ3v) is 6.32. The molecule has 2 atom stereocenters. The Labute approximate surface area is 173 Å². The van der Waals surface area contributed by atoms with Gasteiger partial charge in [-0.15, -0.1) is 11.3 Å². The summed E-state index contributed by atoms with van der Waals surface area (Å²) in [5.41, 5.74) is 3.05. The van der Waals surface area contributed by atoms with Crippen molar-refractivity contribution in [2.45, 2.75) is 19.0 Å². The fourth-order valence-corrected chi connectivity index (χ4v) is 4.95. The largest absolute Gasteiger partial charge is 0.497 e. The van der Waals surface area contributed by atoms with Crippen LogP contribution in [0.4, 0.5) is 5.69 Å². The lowest BCUT2D eigenvalue weighted by Crippen LogP contribution is -2.29. The van der Waals surface area contributed by atoms with Crippen molar-refractivity contribution in [2.75, 3.05) is 19.1 Å². The molecule has 28 heavy (non-hydrogen) atoms. The maximum absolute atomic E-state index is 5.78. The van der Waals surface area contributed by atoms with Crippen molar-refractivity contribution in [2.24, 2.45) is 0 Å². The highest BCUT2D eigenvalue weighted by atomic mass is 32.1.